The summed E-state index contributed by atoms with van der Waals surface area (Å²) in [5, 5.41) is 3.92. The molecule has 5 N–H and O–H groups in total. The average molecular weight is 477 g/mol. The molecule has 10 nitrogen and oxygen atoms in total. The van der Waals surface area contributed by atoms with Crippen LogP contribution in [0.1, 0.15) is 35.8 Å². The zero-order valence-electron chi connectivity index (χ0n) is 16.8. The summed E-state index contributed by atoms with van der Waals surface area (Å²) < 4.78 is 51.2. The van der Waals surface area contributed by atoms with E-state index in [4.69, 9.17) is 5.73 Å². The van der Waals surface area contributed by atoms with Crippen molar-refractivity contribution in [2.45, 2.75) is 37.7 Å². The van der Waals surface area contributed by atoms with Gasteiger partial charge in [0.15, 0.2) is 0 Å². The maximum Gasteiger partial charge on any atom is 0.387 e. The van der Waals surface area contributed by atoms with Gasteiger partial charge in [-0.05, 0) is 25.5 Å². The smallest absolute Gasteiger partial charge is 0.387 e. The predicted octanol–water partition coefficient (Wildman–Crippen LogP) is 3.31. The van der Waals surface area contributed by atoms with E-state index in [1.807, 2.05) is 6.92 Å². The molecule has 31 heavy (non-hydrogen) atoms. The van der Waals surface area contributed by atoms with Gasteiger partial charge in [-0.25, -0.2) is 19.3 Å². The van der Waals surface area contributed by atoms with Gasteiger partial charge in [0.1, 0.15) is 33.1 Å². The van der Waals surface area contributed by atoms with Crippen LogP contribution in [-0.4, -0.2) is 54.2 Å². The Labute approximate surface area is 182 Å². The number of ether oxygens (including phenoxy) is 1. The highest BCUT2D eigenvalue weighted by molar-refractivity contribution is 8.23. The van der Waals surface area contributed by atoms with Crippen molar-refractivity contribution in [2.75, 3.05) is 12.4 Å². The SMILES string of the molecule is CC[C@@H]1[C@@](C)(c2nc(NC(=O)c3ccc(OC(F)F)cn3)cs2)N=C(N)N(C)S1(O)O. The monoisotopic (exact) mass is 476 g/mol. The van der Waals surface area contributed by atoms with Gasteiger partial charge in [-0.2, -0.15) is 8.78 Å². The number of aliphatic imine (C=N–C) groups is 1. The first-order chi connectivity index (χ1) is 14.5. The number of alkyl halides is 2. The number of aromatic nitrogens is 2. The van der Waals surface area contributed by atoms with Crippen molar-refractivity contribution in [1.29, 1.82) is 0 Å². The Morgan fingerprint density at radius 1 is 1.48 bits per heavy atom. The minimum atomic E-state index is -3.25. The molecule has 0 radical (unpaired) electrons. The lowest BCUT2D eigenvalue weighted by Gasteiger charge is -2.54. The molecular formula is C17H22F2N6O4S2. The van der Waals surface area contributed by atoms with E-state index >= 15 is 0 Å². The molecule has 0 aromatic carbocycles. The van der Waals surface area contributed by atoms with Crippen LogP contribution in [0.5, 0.6) is 5.75 Å². The van der Waals surface area contributed by atoms with Gasteiger partial charge < -0.3 is 15.8 Å². The molecule has 3 heterocycles. The molecule has 0 saturated heterocycles. The maximum absolute atomic E-state index is 12.4. The number of rotatable bonds is 6. The van der Waals surface area contributed by atoms with E-state index in [1.54, 1.807) is 12.3 Å². The predicted molar refractivity (Wildman–Crippen MR) is 115 cm³/mol. The summed E-state index contributed by atoms with van der Waals surface area (Å²) in [6.07, 6.45) is 1.42. The highest BCUT2D eigenvalue weighted by Gasteiger charge is 2.50. The van der Waals surface area contributed by atoms with Crippen LogP contribution in [0.4, 0.5) is 14.6 Å². The summed E-state index contributed by atoms with van der Waals surface area (Å²) >= 11 is 1.18. The first-order valence-electron chi connectivity index (χ1n) is 9.03. The summed E-state index contributed by atoms with van der Waals surface area (Å²) in [5.41, 5.74) is 4.78. The molecule has 14 heteroatoms. The third kappa shape index (κ3) is 4.42. The van der Waals surface area contributed by atoms with Crippen LogP contribution in [0.15, 0.2) is 28.7 Å². The summed E-state index contributed by atoms with van der Waals surface area (Å²) in [7, 11) is -1.78. The Kier molecular flexibility index (Phi) is 6.36. The number of hydrogen-bond acceptors (Lipinski definition) is 10. The lowest BCUT2D eigenvalue weighted by atomic mass is 9.97. The molecule has 0 fully saturated rings. The quantitative estimate of drug-likeness (QED) is 0.497. The summed E-state index contributed by atoms with van der Waals surface area (Å²) in [6.45, 7) is 0.534. The van der Waals surface area contributed by atoms with Crippen LogP contribution in [0.3, 0.4) is 0 Å². The van der Waals surface area contributed by atoms with Crippen molar-refractivity contribution in [1.82, 2.24) is 14.3 Å². The van der Waals surface area contributed by atoms with E-state index in [1.165, 1.54) is 34.8 Å². The Balaban J connectivity index is 1.81. The highest BCUT2D eigenvalue weighted by atomic mass is 32.3. The van der Waals surface area contributed by atoms with E-state index < -0.39 is 34.1 Å². The minimum absolute atomic E-state index is 0.0236. The Morgan fingerprint density at radius 2 is 2.19 bits per heavy atom. The minimum Gasteiger partial charge on any atom is -0.433 e. The number of nitrogens with zero attached hydrogens (tertiary/aromatic N) is 4. The molecular weight excluding hydrogens is 454 g/mol. The largest absolute Gasteiger partial charge is 0.433 e. The Morgan fingerprint density at radius 3 is 2.77 bits per heavy atom. The first-order valence-corrected chi connectivity index (χ1v) is 11.5. The van der Waals surface area contributed by atoms with Crippen molar-refractivity contribution in [2.24, 2.45) is 10.7 Å². The molecule has 0 spiro atoms. The lowest BCUT2D eigenvalue weighted by Crippen LogP contribution is -2.53. The van der Waals surface area contributed by atoms with Crippen molar-refractivity contribution in [3.8, 4) is 5.75 Å². The normalized spacial score (nSPS) is 23.9. The first kappa shape index (κ1) is 23.1. The fourth-order valence-electron chi connectivity index (χ4n) is 3.25. The highest BCUT2D eigenvalue weighted by Crippen LogP contribution is 2.59. The number of carbonyl (C=O) groups excluding carboxylic acids is 1. The molecule has 2 atom stereocenters. The van der Waals surface area contributed by atoms with E-state index in [-0.39, 0.29) is 23.2 Å². The number of halogens is 2. The molecule has 0 aliphatic carbocycles. The molecule has 2 aromatic rings. The average Bonchev–Trinajstić information content (AvgIpc) is 3.16. The van der Waals surface area contributed by atoms with Gasteiger partial charge in [0.25, 0.3) is 5.91 Å². The van der Waals surface area contributed by atoms with Gasteiger partial charge in [0.05, 0.1) is 6.20 Å². The number of anilines is 1. The van der Waals surface area contributed by atoms with Gasteiger partial charge in [-0.3, -0.25) is 13.9 Å². The number of nitrogens with one attached hydrogen (secondary N) is 1. The molecule has 1 aliphatic rings. The molecule has 2 aromatic heterocycles. The lowest BCUT2D eigenvalue weighted by molar-refractivity contribution is -0.0500. The maximum atomic E-state index is 12.4. The number of carbonyl (C=O) groups is 1. The summed E-state index contributed by atoms with van der Waals surface area (Å²) in [5.74, 6) is -0.589. The molecule has 170 valence electrons. The second-order valence-corrected chi connectivity index (χ2v) is 9.92. The van der Waals surface area contributed by atoms with Crippen molar-refractivity contribution in [3.05, 3.63) is 34.4 Å². The fraction of sp³-hybridized carbons (Fsp3) is 0.412. The number of hydrogen-bond donors (Lipinski definition) is 4. The number of guanidine groups is 1. The van der Waals surface area contributed by atoms with Crippen molar-refractivity contribution >= 4 is 39.8 Å². The molecule has 0 bridgehead atoms. The van der Waals surface area contributed by atoms with Gasteiger partial charge >= 0.3 is 6.61 Å². The topological polar surface area (TPSA) is 146 Å². The van der Waals surface area contributed by atoms with Crippen molar-refractivity contribution in [3.63, 3.8) is 0 Å². The molecule has 3 rings (SSSR count). The van der Waals surface area contributed by atoms with E-state index in [9.17, 15) is 22.7 Å². The summed E-state index contributed by atoms with van der Waals surface area (Å²) in [6, 6.07) is 2.44. The number of pyridine rings is 1. The van der Waals surface area contributed by atoms with E-state index in [0.717, 1.165) is 6.20 Å². The zero-order valence-corrected chi connectivity index (χ0v) is 18.5. The van der Waals surface area contributed by atoms with E-state index in [0.29, 0.717) is 11.4 Å². The molecule has 1 amide bonds. The van der Waals surface area contributed by atoms with Crippen LogP contribution in [-0.2, 0) is 5.54 Å². The fourth-order valence-corrected chi connectivity index (χ4v) is 6.17. The zero-order chi connectivity index (χ0) is 23.0. The van der Waals surface area contributed by atoms with Gasteiger partial charge in [0.2, 0.25) is 5.96 Å². The van der Waals surface area contributed by atoms with Crippen LogP contribution in [0.25, 0.3) is 0 Å². The van der Waals surface area contributed by atoms with Crippen LogP contribution >= 0.6 is 22.1 Å². The van der Waals surface area contributed by atoms with E-state index in [2.05, 4.69) is 25.0 Å². The third-order valence-corrected chi connectivity index (χ3v) is 8.44. The number of thiazole rings is 1. The second kappa shape index (κ2) is 8.53. The Hall–Kier alpha value is -2.55. The van der Waals surface area contributed by atoms with Gasteiger partial charge in [-0.15, -0.1) is 22.1 Å². The number of amides is 1. The van der Waals surface area contributed by atoms with Crippen molar-refractivity contribution < 1.29 is 27.4 Å². The van der Waals surface area contributed by atoms with Crippen LogP contribution in [0.2, 0.25) is 0 Å². The van der Waals surface area contributed by atoms with Crippen LogP contribution < -0.4 is 15.8 Å². The molecule has 0 unspecified atom stereocenters. The standard InChI is InChI=1S/C17H22F2N6O4S2/c1-4-11-17(2,24-16(20)25(3)31(11,27)28)14-23-12(8-30-14)22-13(26)10-6-5-9(7-21-10)29-15(18)19/h5-8,11,15,27-28H,4H2,1-3H3,(H2,20,24)(H,22,26)/t11-,17+/m1/s1. The van der Waals surface area contributed by atoms with Crippen LogP contribution in [0, 0.1) is 0 Å². The van der Waals surface area contributed by atoms with Gasteiger partial charge in [-0.1, -0.05) is 6.92 Å². The second-order valence-electron chi connectivity index (χ2n) is 6.82. The number of nitrogens with two attached hydrogens (primary N) is 1. The van der Waals surface area contributed by atoms with Gasteiger partial charge in [0, 0.05) is 12.4 Å². The molecule has 0 saturated carbocycles. The Bertz CT molecular complexity index is 987. The third-order valence-electron chi connectivity index (χ3n) is 4.82. The summed E-state index contributed by atoms with van der Waals surface area (Å²) in [4.78, 5) is 25.1. The molecule has 1 aliphatic heterocycles.